The Balaban J connectivity index is 1.51. The smallest absolute Gasteiger partial charge is 0.451 e. The van der Waals surface area contributed by atoms with Crippen molar-refractivity contribution in [1.82, 2.24) is 13.5 Å². The van der Waals surface area contributed by atoms with Crippen molar-refractivity contribution >= 4 is 23.3 Å². The van der Waals surface area contributed by atoms with E-state index in [0.29, 0.717) is 12.8 Å². The van der Waals surface area contributed by atoms with Crippen LogP contribution in [0.15, 0.2) is 0 Å². The highest BCUT2D eigenvalue weighted by Crippen LogP contribution is 2.52. The van der Waals surface area contributed by atoms with Crippen LogP contribution in [0.1, 0.15) is 25.7 Å². The van der Waals surface area contributed by atoms with Gasteiger partial charge in [-0.15, -0.1) is 0 Å². The van der Waals surface area contributed by atoms with Crippen molar-refractivity contribution in [2.75, 3.05) is 20.1 Å². The molecule has 2 saturated heterocycles. The number of hydrogen-bond acceptors (Lipinski definition) is 7. The number of nitrogens with zero attached hydrogens (tertiary/aromatic N) is 3. The molecule has 0 aromatic heterocycles. The highest BCUT2D eigenvalue weighted by atomic mass is 32.2. The second kappa shape index (κ2) is 6.38. The van der Waals surface area contributed by atoms with Crippen molar-refractivity contribution in [2.24, 2.45) is 11.7 Å². The van der Waals surface area contributed by atoms with E-state index in [9.17, 15) is 18.3 Å². The molecule has 6 atom stereocenters. The van der Waals surface area contributed by atoms with Gasteiger partial charge in [0, 0.05) is 43.2 Å². The number of fused-ring (bicyclic) bond motifs is 2. The molecular formula is C15H27BN4O6S. The van der Waals surface area contributed by atoms with E-state index in [2.05, 4.69) is 4.90 Å². The summed E-state index contributed by atoms with van der Waals surface area (Å²) >= 11 is 0. The van der Waals surface area contributed by atoms with Crippen LogP contribution in [-0.4, -0.2) is 100 Å². The van der Waals surface area contributed by atoms with Crippen LogP contribution in [0.5, 0.6) is 0 Å². The average Bonchev–Trinajstić information content (AvgIpc) is 3.47. The second-order valence-corrected chi connectivity index (χ2v) is 10.3. The number of hydrogen-bond donors (Lipinski definition) is 4. The topological polar surface area (TPSA) is 148 Å². The Labute approximate surface area is 159 Å². The molecule has 0 aromatic carbocycles. The maximum atomic E-state index is 13.3. The van der Waals surface area contributed by atoms with Gasteiger partial charge in [-0.2, -0.15) is 17.0 Å². The summed E-state index contributed by atoms with van der Waals surface area (Å²) in [6.45, 7) is -0.202. The Morgan fingerprint density at radius 1 is 1.22 bits per heavy atom. The number of rotatable bonds is 7. The number of nitrogens with two attached hydrogens (primary N) is 1. The Morgan fingerprint density at radius 3 is 2.33 bits per heavy atom. The maximum absolute atomic E-state index is 13.3. The molecule has 2 aliphatic heterocycles. The highest BCUT2D eigenvalue weighted by Gasteiger charge is 2.67. The zero-order valence-electron chi connectivity index (χ0n) is 15.3. The SMILES string of the molecule is CN1C2CC2N(S(=O)(=O)N2C[C@H](CCCB(O)O)[C@](N)(C(=O)O)C2)C2CC21. The summed E-state index contributed by atoms with van der Waals surface area (Å²) in [5.41, 5.74) is 4.47. The van der Waals surface area contributed by atoms with Crippen LogP contribution in [0, 0.1) is 5.92 Å². The minimum Gasteiger partial charge on any atom is -0.480 e. The van der Waals surface area contributed by atoms with Gasteiger partial charge in [0.05, 0.1) is 0 Å². The first-order chi connectivity index (χ1) is 12.6. The molecule has 2 heterocycles. The molecule has 0 spiro atoms. The van der Waals surface area contributed by atoms with Crippen LogP contribution in [0.3, 0.4) is 0 Å². The second-order valence-electron chi connectivity index (χ2n) is 8.49. The Hall–Kier alpha value is -0.755. The summed E-state index contributed by atoms with van der Waals surface area (Å²) < 4.78 is 29.5. The van der Waals surface area contributed by atoms with Crippen LogP contribution in [0.4, 0.5) is 0 Å². The Bertz CT molecular complexity index is 720. The minimum absolute atomic E-state index is 0.0238. The molecule has 0 radical (unpaired) electrons. The first-order valence-corrected chi connectivity index (χ1v) is 10.9. The number of likely N-dealkylation sites (N-methyl/N-ethyl adjacent to an activating group) is 1. The normalized spacial score (nSPS) is 41.9. The summed E-state index contributed by atoms with van der Waals surface area (Å²) in [6, 6.07) is 0.471. The van der Waals surface area contributed by atoms with E-state index in [1.807, 2.05) is 7.05 Å². The van der Waals surface area contributed by atoms with Gasteiger partial charge in [-0.3, -0.25) is 9.69 Å². The number of carbonyl (C=O) groups is 1. The lowest BCUT2D eigenvalue weighted by Crippen LogP contribution is -2.56. The summed E-state index contributed by atoms with van der Waals surface area (Å²) in [6.07, 6.45) is 2.44. The average molecular weight is 402 g/mol. The van der Waals surface area contributed by atoms with Gasteiger partial charge in [0.2, 0.25) is 0 Å². The molecule has 5 N–H and O–H groups in total. The van der Waals surface area contributed by atoms with Gasteiger partial charge in [-0.05, 0) is 32.6 Å². The first kappa shape index (κ1) is 19.6. The third-order valence-electron chi connectivity index (χ3n) is 6.74. The van der Waals surface area contributed by atoms with Crippen LogP contribution in [-0.2, 0) is 15.0 Å². The molecule has 152 valence electrons. The van der Waals surface area contributed by atoms with Gasteiger partial charge in [-0.1, -0.05) is 6.42 Å². The number of piperazine rings is 1. The quantitative estimate of drug-likeness (QED) is 0.349. The Morgan fingerprint density at radius 2 is 1.81 bits per heavy atom. The molecule has 2 saturated carbocycles. The lowest BCUT2D eigenvalue weighted by molar-refractivity contribution is -0.144. The third kappa shape index (κ3) is 3.11. The summed E-state index contributed by atoms with van der Waals surface area (Å²) in [5, 5.41) is 27.6. The van der Waals surface area contributed by atoms with Gasteiger partial charge in [0.15, 0.2) is 0 Å². The fourth-order valence-electron chi connectivity index (χ4n) is 4.94. The van der Waals surface area contributed by atoms with Crippen molar-refractivity contribution in [3.05, 3.63) is 0 Å². The predicted molar refractivity (Wildman–Crippen MR) is 96.8 cm³/mol. The first-order valence-electron chi connectivity index (χ1n) is 9.46. The van der Waals surface area contributed by atoms with E-state index in [1.165, 1.54) is 4.31 Å². The molecule has 4 aliphatic rings. The summed E-state index contributed by atoms with van der Waals surface area (Å²) in [5.74, 6) is -1.79. The molecule has 4 unspecified atom stereocenters. The van der Waals surface area contributed by atoms with Gasteiger partial charge >= 0.3 is 13.1 Å². The van der Waals surface area contributed by atoms with Gasteiger partial charge in [0.1, 0.15) is 5.54 Å². The van der Waals surface area contributed by atoms with Crippen LogP contribution < -0.4 is 5.73 Å². The Kier molecular flexibility index (Phi) is 4.62. The fourth-order valence-corrected chi connectivity index (χ4v) is 7.08. The molecule has 0 amide bonds. The molecule has 4 rings (SSSR count). The highest BCUT2D eigenvalue weighted by molar-refractivity contribution is 7.86. The van der Waals surface area contributed by atoms with Crippen LogP contribution in [0.2, 0.25) is 6.32 Å². The zero-order chi connectivity index (χ0) is 19.7. The van der Waals surface area contributed by atoms with Crippen molar-refractivity contribution in [1.29, 1.82) is 0 Å². The number of carboxylic acids is 1. The zero-order valence-corrected chi connectivity index (χ0v) is 16.1. The monoisotopic (exact) mass is 402 g/mol. The van der Waals surface area contributed by atoms with E-state index < -0.39 is 34.8 Å². The molecule has 0 aromatic rings. The van der Waals surface area contributed by atoms with Gasteiger partial charge < -0.3 is 20.9 Å². The van der Waals surface area contributed by atoms with E-state index in [4.69, 9.17) is 15.8 Å². The largest absolute Gasteiger partial charge is 0.480 e. The van der Waals surface area contributed by atoms with Gasteiger partial charge in [-0.25, -0.2) is 0 Å². The van der Waals surface area contributed by atoms with Crippen LogP contribution in [0.25, 0.3) is 0 Å². The number of aliphatic carboxylic acids is 1. The lowest BCUT2D eigenvalue weighted by atomic mass is 9.78. The molecular weight excluding hydrogens is 375 g/mol. The van der Waals surface area contributed by atoms with Crippen molar-refractivity contribution in [2.45, 2.75) is 61.7 Å². The van der Waals surface area contributed by atoms with Crippen molar-refractivity contribution in [3.8, 4) is 0 Å². The fraction of sp³-hybridized carbons (Fsp3) is 0.933. The number of carboxylic acid groups (broad SMARTS) is 1. The van der Waals surface area contributed by atoms with E-state index in [-0.39, 0.29) is 43.6 Å². The molecule has 0 bridgehead atoms. The molecule has 12 heteroatoms. The van der Waals surface area contributed by atoms with Crippen molar-refractivity contribution < 1.29 is 28.4 Å². The molecule has 27 heavy (non-hydrogen) atoms. The van der Waals surface area contributed by atoms with Crippen LogP contribution >= 0.6 is 0 Å². The predicted octanol–water partition coefficient (Wildman–Crippen LogP) is -2.27. The standard InChI is InChI=1S/C15H27BN4O6S/c1-18-10-5-12(10)20(13-6-11(13)18)27(25,26)19-7-9(3-2-4-16(23)24)15(17,8-19)14(21)22/h9-13,23-24H,2-8,17H2,1H3,(H,21,22)/t9-,10?,11?,12?,13?,15-/m0/s1. The van der Waals surface area contributed by atoms with E-state index >= 15 is 0 Å². The lowest BCUT2D eigenvalue weighted by Gasteiger charge is -2.33. The van der Waals surface area contributed by atoms with E-state index in [1.54, 1.807) is 4.31 Å². The third-order valence-corrected chi connectivity index (χ3v) is 8.75. The maximum Gasteiger partial charge on any atom is 0.451 e. The molecule has 2 aliphatic carbocycles. The van der Waals surface area contributed by atoms with Gasteiger partial charge in [0.25, 0.3) is 10.2 Å². The van der Waals surface area contributed by atoms with E-state index in [0.717, 1.165) is 12.8 Å². The minimum atomic E-state index is -3.78. The summed E-state index contributed by atoms with van der Waals surface area (Å²) in [4.78, 5) is 14.1. The van der Waals surface area contributed by atoms with Crippen molar-refractivity contribution in [3.63, 3.8) is 0 Å². The molecule has 10 nitrogen and oxygen atoms in total. The molecule has 4 fully saturated rings. The summed E-state index contributed by atoms with van der Waals surface area (Å²) in [7, 11) is -3.21.